The number of methoxy groups -OCH3 is 1. The van der Waals surface area contributed by atoms with Crippen LogP contribution in [0.4, 0.5) is 5.82 Å². The normalized spacial score (nSPS) is 18.1. The van der Waals surface area contributed by atoms with Crippen LogP contribution >= 0.6 is 0 Å². The van der Waals surface area contributed by atoms with Crippen molar-refractivity contribution < 1.29 is 9.47 Å². The second-order valence-electron chi connectivity index (χ2n) is 4.44. The van der Waals surface area contributed by atoms with E-state index in [4.69, 9.17) is 9.47 Å². The van der Waals surface area contributed by atoms with Crippen LogP contribution in [0, 0.1) is 0 Å². The minimum Gasteiger partial charge on any atom is -0.494 e. The van der Waals surface area contributed by atoms with Crippen molar-refractivity contribution in [2.75, 3.05) is 25.1 Å². The Morgan fingerprint density at radius 3 is 2.70 bits per heavy atom. The first-order valence-electron chi connectivity index (χ1n) is 6.39. The molecule has 0 N–H and O–H groups in total. The van der Waals surface area contributed by atoms with E-state index in [2.05, 4.69) is 24.8 Å². The van der Waals surface area contributed by atoms with Crippen molar-refractivity contribution in [1.82, 2.24) is 19.9 Å². The van der Waals surface area contributed by atoms with Gasteiger partial charge >= 0.3 is 6.01 Å². The summed E-state index contributed by atoms with van der Waals surface area (Å²) in [5, 5.41) is 0. The average Bonchev–Trinajstić information content (AvgIpc) is 2.97. The monoisotopic (exact) mass is 273 g/mol. The van der Waals surface area contributed by atoms with Gasteiger partial charge in [0, 0.05) is 25.4 Å². The fourth-order valence-electron chi connectivity index (χ4n) is 2.11. The maximum atomic E-state index is 5.76. The Kier molecular flexibility index (Phi) is 3.58. The molecule has 0 spiro atoms. The van der Waals surface area contributed by atoms with Crippen LogP contribution in [0.3, 0.4) is 0 Å². The highest BCUT2D eigenvalue weighted by Gasteiger charge is 2.25. The Labute approximate surface area is 116 Å². The average molecular weight is 273 g/mol. The van der Waals surface area contributed by atoms with Crippen LogP contribution in [-0.4, -0.2) is 46.2 Å². The van der Waals surface area contributed by atoms with Crippen molar-refractivity contribution in [2.24, 2.45) is 0 Å². The zero-order valence-electron chi connectivity index (χ0n) is 11.1. The topological polar surface area (TPSA) is 73.3 Å². The first-order chi connectivity index (χ1) is 9.85. The third kappa shape index (κ3) is 2.76. The Bertz CT molecular complexity index is 548. The van der Waals surface area contributed by atoms with E-state index in [1.54, 1.807) is 38.1 Å². The lowest BCUT2D eigenvalue weighted by Gasteiger charge is -2.16. The summed E-state index contributed by atoms with van der Waals surface area (Å²) >= 11 is 0. The molecule has 1 aliphatic rings. The summed E-state index contributed by atoms with van der Waals surface area (Å²) in [5.74, 6) is 1.49. The molecule has 2 aromatic rings. The summed E-state index contributed by atoms with van der Waals surface area (Å²) in [6, 6.07) is 0.372. The number of hydrogen-bond donors (Lipinski definition) is 0. The van der Waals surface area contributed by atoms with Gasteiger partial charge in [0.25, 0.3) is 0 Å². The summed E-state index contributed by atoms with van der Waals surface area (Å²) in [6.45, 7) is 1.65. The quantitative estimate of drug-likeness (QED) is 0.820. The smallest absolute Gasteiger partial charge is 0.316 e. The van der Waals surface area contributed by atoms with Gasteiger partial charge in [0.05, 0.1) is 32.2 Å². The number of nitrogens with zero attached hydrogens (tertiary/aromatic N) is 5. The number of rotatable bonds is 4. The standard InChI is InChI=1S/C13H15N5O2/c1-19-11-6-16-13(17-7-11)20-10-2-5-18(9-10)12-8-14-3-4-15-12/h3-4,6-8,10H,2,5,9H2,1H3. The Morgan fingerprint density at radius 2 is 2.00 bits per heavy atom. The molecule has 7 heteroatoms. The van der Waals surface area contributed by atoms with E-state index >= 15 is 0 Å². The van der Waals surface area contributed by atoms with Crippen LogP contribution in [0.2, 0.25) is 0 Å². The molecule has 1 saturated heterocycles. The molecule has 0 aliphatic carbocycles. The summed E-state index contributed by atoms with van der Waals surface area (Å²) < 4.78 is 10.8. The molecule has 104 valence electrons. The molecule has 7 nitrogen and oxygen atoms in total. The van der Waals surface area contributed by atoms with Crippen molar-refractivity contribution in [1.29, 1.82) is 0 Å². The summed E-state index contributed by atoms with van der Waals surface area (Å²) in [7, 11) is 1.58. The van der Waals surface area contributed by atoms with Crippen molar-refractivity contribution in [3.05, 3.63) is 31.0 Å². The first kappa shape index (κ1) is 12.6. The molecule has 2 aromatic heterocycles. The van der Waals surface area contributed by atoms with Crippen molar-refractivity contribution >= 4 is 5.82 Å². The van der Waals surface area contributed by atoms with Crippen LogP contribution in [0.15, 0.2) is 31.0 Å². The van der Waals surface area contributed by atoms with Gasteiger partial charge in [-0.1, -0.05) is 0 Å². The molecule has 0 bridgehead atoms. The van der Waals surface area contributed by atoms with E-state index in [0.717, 1.165) is 25.3 Å². The van der Waals surface area contributed by atoms with E-state index in [9.17, 15) is 0 Å². The zero-order valence-corrected chi connectivity index (χ0v) is 11.1. The maximum Gasteiger partial charge on any atom is 0.316 e. The molecule has 0 saturated carbocycles. The van der Waals surface area contributed by atoms with E-state index < -0.39 is 0 Å². The van der Waals surface area contributed by atoms with Gasteiger partial charge < -0.3 is 14.4 Å². The van der Waals surface area contributed by atoms with Crippen LogP contribution in [0.25, 0.3) is 0 Å². The fraction of sp³-hybridized carbons (Fsp3) is 0.385. The molecule has 0 amide bonds. The lowest BCUT2D eigenvalue weighted by atomic mass is 10.3. The molecular weight excluding hydrogens is 258 g/mol. The zero-order chi connectivity index (χ0) is 13.8. The third-order valence-corrected chi connectivity index (χ3v) is 3.13. The second kappa shape index (κ2) is 5.68. The van der Waals surface area contributed by atoms with Gasteiger partial charge in [0.2, 0.25) is 0 Å². The summed E-state index contributed by atoms with van der Waals surface area (Å²) in [4.78, 5) is 18.7. The Morgan fingerprint density at radius 1 is 1.15 bits per heavy atom. The lowest BCUT2D eigenvalue weighted by molar-refractivity contribution is 0.205. The SMILES string of the molecule is COc1cnc(OC2CCN(c3cnccn3)C2)nc1. The minimum absolute atomic E-state index is 0.0606. The predicted molar refractivity (Wildman–Crippen MR) is 71.9 cm³/mol. The van der Waals surface area contributed by atoms with Gasteiger partial charge in [-0.3, -0.25) is 4.98 Å². The number of anilines is 1. The van der Waals surface area contributed by atoms with E-state index in [0.29, 0.717) is 11.8 Å². The molecule has 0 radical (unpaired) electrons. The summed E-state index contributed by atoms with van der Waals surface area (Å²) in [6.07, 6.45) is 9.27. The molecular formula is C13H15N5O2. The highest BCUT2D eigenvalue weighted by atomic mass is 16.5. The molecule has 20 heavy (non-hydrogen) atoms. The molecule has 0 aromatic carbocycles. The van der Waals surface area contributed by atoms with Crippen molar-refractivity contribution in [3.63, 3.8) is 0 Å². The van der Waals surface area contributed by atoms with Crippen molar-refractivity contribution in [3.8, 4) is 11.8 Å². The van der Waals surface area contributed by atoms with E-state index in [-0.39, 0.29) is 6.10 Å². The van der Waals surface area contributed by atoms with Crippen LogP contribution in [0.5, 0.6) is 11.8 Å². The fourth-order valence-corrected chi connectivity index (χ4v) is 2.11. The highest BCUT2D eigenvalue weighted by molar-refractivity contribution is 5.36. The van der Waals surface area contributed by atoms with E-state index in [1.807, 2.05) is 0 Å². The number of ether oxygens (including phenoxy) is 2. The molecule has 3 heterocycles. The van der Waals surface area contributed by atoms with Gasteiger partial charge in [-0.15, -0.1) is 0 Å². The van der Waals surface area contributed by atoms with Crippen molar-refractivity contribution in [2.45, 2.75) is 12.5 Å². The van der Waals surface area contributed by atoms with Gasteiger partial charge in [0.15, 0.2) is 5.75 Å². The third-order valence-electron chi connectivity index (χ3n) is 3.13. The minimum atomic E-state index is 0.0606. The van der Waals surface area contributed by atoms with Crippen LogP contribution in [0.1, 0.15) is 6.42 Å². The maximum absolute atomic E-state index is 5.76. The van der Waals surface area contributed by atoms with Crippen LogP contribution < -0.4 is 14.4 Å². The lowest BCUT2D eigenvalue weighted by Crippen LogP contribution is -2.25. The molecule has 1 unspecified atom stereocenters. The molecule has 1 aliphatic heterocycles. The Hall–Kier alpha value is -2.44. The van der Waals surface area contributed by atoms with Gasteiger partial charge in [-0.05, 0) is 0 Å². The molecule has 1 fully saturated rings. The summed E-state index contributed by atoms with van der Waals surface area (Å²) in [5.41, 5.74) is 0. The highest BCUT2D eigenvalue weighted by Crippen LogP contribution is 2.20. The number of hydrogen-bond acceptors (Lipinski definition) is 7. The van der Waals surface area contributed by atoms with E-state index in [1.165, 1.54) is 0 Å². The van der Waals surface area contributed by atoms with Gasteiger partial charge in [-0.25, -0.2) is 4.98 Å². The largest absolute Gasteiger partial charge is 0.494 e. The van der Waals surface area contributed by atoms with Gasteiger partial charge in [-0.2, -0.15) is 9.97 Å². The predicted octanol–water partition coefficient (Wildman–Crippen LogP) is 0.933. The number of aromatic nitrogens is 4. The van der Waals surface area contributed by atoms with Crippen LogP contribution in [-0.2, 0) is 0 Å². The van der Waals surface area contributed by atoms with Gasteiger partial charge in [0.1, 0.15) is 11.9 Å². The molecule has 1 atom stereocenters. The second-order valence-corrected chi connectivity index (χ2v) is 4.44. The first-order valence-corrected chi connectivity index (χ1v) is 6.39. The molecule has 3 rings (SSSR count). The Balaban J connectivity index is 1.60.